The summed E-state index contributed by atoms with van der Waals surface area (Å²) in [5.74, 6) is 0. The molecule has 0 saturated heterocycles. The minimum absolute atomic E-state index is 0.339. The molecule has 0 unspecified atom stereocenters. The minimum atomic E-state index is -1.18. The standard InChI is InChI=1S/C24H26N4O5/c1-24(2,3)33-23(32)26-19(13-15-7-5-4-6-8-15)20-14-18(21(29)28-27-20)16-9-11-17(12-10-16)25-22(30)31/h4-12,14,19,25H,13H2,1-3H3,(H,26,32)(H,28,29)(H,30,31)/t19-/m0/s1. The number of aromatic nitrogens is 2. The Bertz CT molecular complexity index is 1170. The summed E-state index contributed by atoms with van der Waals surface area (Å²) in [6.07, 6.45) is -1.34. The molecule has 2 amide bonds. The normalized spacial score (nSPS) is 12.0. The molecular formula is C24H26N4O5. The van der Waals surface area contributed by atoms with Gasteiger partial charge in [-0.3, -0.25) is 10.1 Å². The highest BCUT2D eigenvalue weighted by molar-refractivity contribution is 5.83. The van der Waals surface area contributed by atoms with E-state index in [0.29, 0.717) is 28.9 Å². The summed E-state index contributed by atoms with van der Waals surface area (Å²) < 4.78 is 5.41. The van der Waals surface area contributed by atoms with Crippen LogP contribution < -0.4 is 16.2 Å². The number of ether oxygens (including phenoxy) is 1. The molecule has 0 bridgehead atoms. The van der Waals surface area contributed by atoms with Gasteiger partial charge in [0.25, 0.3) is 5.56 Å². The second kappa shape index (κ2) is 9.99. The summed E-state index contributed by atoms with van der Waals surface area (Å²) in [6, 6.07) is 17.0. The molecule has 9 heteroatoms. The Labute approximate surface area is 190 Å². The monoisotopic (exact) mass is 450 g/mol. The van der Waals surface area contributed by atoms with Crippen molar-refractivity contribution in [1.29, 1.82) is 0 Å². The molecule has 0 saturated carbocycles. The molecule has 4 N–H and O–H groups in total. The smallest absolute Gasteiger partial charge is 0.409 e. The van der Waals surface area contributed by atoms with Gasteiger partial charge in [0.15, 0.2) is 0 Å². The van der Waals surface area contributed by atoms with Crippen molar-refractivity contribution >= 4 is 17.9 Å². The number of benzene rings is 2. The van der Waals surface area contributed by atoms with Crippen molar-refractivity contribution < 1.29 is 19.4 Å². The van der Waals surface area contributed by atoms with Crippen LogP contribution in [0.1, 0.15) is 38.1 Å². The summed E-state index contributed by atoms with van der Waals surface area (Å²) in [5, 5.41) is 20.6. The highest BCUT2D eigenvalue weighted by Gasteiger charge is 2.23. The molecular weight excluding hydrogens is 424 g/mol. The number of rotatable bonds is 6. The van der Waals surface area contributed by atoms with E-state index in [2.05, 4.69) is 20.8 Å². The fourth-order valence-corrected chi connectivity index (χ4v) is 3.20. The molecule has 33 heavy (non-hydrogen) atoms. The van der Waals surface area contributed by atoms with Gasteiger partial charge in [-0.25, -0.2) is 14.7 Å². The van der Waals surface area contributed by atoms with Crippen LogP contribution in [-0.2, 0) is 11.2 Å². The van der Waals surface area contributed by atoms with Crippen LogP contribution in [0.25, 0.3) is 11.1 Å². The molecule has 172 valence electrons. The van der Waals surface area contributed by atoms with Gasteiger partial charge in [-0.2, -0.15) is 5.10 Å². The van der Waals surface area contributed by atoms with E-state index in [-0.39, 0.29) is 0 Å². The minimum Gasteiger partial charge on any atom is -0.465 e. The van der Waals surface area contributed by atoms with Crippen LogP contribution in [0.15, 0.2) is 65.5 Å². The van der Waals surface area contributed by atoms with E-state index < -0.39 is 29.4 Å². The molecule has 0 radical (unpaired) electrons. The summed E-state index contributed by atoms with van der Waals surface area (Å²) in [4.78, 5) is 35.8. The van der Waals surface area contributed by atoms with E-state index in [1.165, 1.54) is 0 Å². The number of carbonyl (C=O) groups excluding carboxylic acids is 1. The molecule has 0 spiro atoms. The van der Waals surface area contributed by atoms with E-state index in [9.17, 15) is 14.4 Å². The van der Waals surface area contributed by atoms with Gasteiger partial charge in [-0.1, -0.05) is 42.5 Å². The predicted molar refractivity (Wildman–Crippen MR) is 124 cm³/mol. The van der Waals surface area contributed by atoms with E-state index in [0.717, 1.165) is 5.56 Å². The Kier molecular flexibility index (Phi) is 7.12. The van der Waals surface area contributed by atoms with Crippen molar-refractivity contribution in [3.63, 3.8) is 0 Å². The molecule has 0 aliphatic heterocycles. The van der Waals surface area contributed by atoms with E-state index in [1.54, 1.807) is 51.1 Å². The molecule has 1 atom stereocenters. The van der Waals surface area contributed by atoms with Crippen molar-refractivity contribution in [2.24, 2.45) is 0 Å². The highest BCUT2D eigenvalue weighted by Crippen LogP contribution is 2.23. The van der Waals surface area contributed by atoms with Crippen LogP contribution in [0, 0.1) is 0 Å². The maximum Gasteiger partial charge on any atom is 0.409 e. The highest BCUT2D eigenvalue weighted by atomic mass is 16.6. The summed E-state index contributed by atoms with van der Waals surface area (Å²) in [6.45, 7) is 5.33. The zero-order valence-corrected chi connectivity index (χ0v) is 18.6. The number of alkyl carbamates (subject to hydrolysis) is 1. The Balaban J connectivity index is 1.93. The van der Waals surface area contributed by atoms with Crippen LogP contribution in [0.5, 0.6) is 0 Å². The fraction of sp³-hybridized carbons (Fsp3) is 0.250. The molecule has 0 aliphatic rings. The number of amides is 2. The van der Waals surface area contributed by atoms with E-state index in [1.807, 2.05) is 30.3 Å². The summed E-state index contributed by atoms with van der Waals surface area (Å²) in [7, 11) is 0. The molecule has 2 aromatic carbocycles. The van der Waals surface area contributed by atoms with Crippen molar-refractivity contribution in [3.05, 3.63) is 82.3 Å². The van der Waals surface area contributed by atoms with Gasteiger partial charge in [-0.05, 0) is 56.5 Å². The number of nitrogens with zero attached hydrogens (tertiary/aromatic N) is 1. The van der Waals surface area contributed by atoms with Crippen molar-refractivity contribution in [1.82, 2.24) is 15.5 Å². The van der Waals surface area contributed by atoms with Crippen LogP contribution in [0.2, 0.25) is 0 Å². The number of anilines is 1. The lowest BCUT2D eigenvalue weighted by atomic mass is 10.0. The fourth-order valence-electron chi connectivity index (χ4n) is 3.20. The number of carbonyl (C=O) groups is 2. The Morgan fingerprint density at radius 3 is 2.36 bits per heavy atom. The van der Waals surface area contributed by atoms with Crippen LogP contribution >= 0.6 is 0 Å². The van der Waals surface area contributed by atoms with Crippen molar-refractivity contribution in [3.8, 4) is 11.1 Å². The van der Waals surface area contributed by atoms with Crippen molar-refractivity contribution in [2.45, 2.75) is 38.8 Å². The van der Waals surface area contributed by atoms with Gasteiger partial charge < -0.3 is 15.2 Å². The lowest BCUT2D eigenvalue weighted by Crippen LogP contribution is -2.36. The van der Waals surface area contributed by atoms with E-state index in [4.69, 9.17) is 9.84 Å². The predicted octanol–water partition coefficient (Wildman–Crippen LogP) is 4.34. The SMILES string of the molecule is CC(C)(C)OC(=O)N[C@@H](Cc1ccccc1)c1cc(-c2ccc(NC(=O)O)cc2)c(=O)[nH]n1. The first-order chi connectivity index (χ1) is 15.6. The first-order valence-electron chi connectivity index (χ1n) is 10.3. The van der Waals surface area contributed by atoms with Gasteiger partial charge >= 0.3 is 12.2 Å². The zero-order chi connectivity index (χ0) is 24.0. The maximum atomic E-state index is 12.5. The lowest BCUT2D eigenvalue weighted by Gasteiger charge is -2.23. The van der Waals surface area contributed by atoms with Gasteiger partial charge in [0, 0.05) is 5.69 Å². The second-order valence-electron chi connectivity index (χ2n) is 8.43. The van der Waals surface area contributed by atoms with Crippen LogP contribution in [0.3, 0.4) is 0 Å². The van der Waals surface area contributed by atoms with Crippen LogP contribution in [0.4, 0.5) is 15.3 Å². The Hall–Kier alpha value is -4.14. The molecule has 3 aromatic rings. The second-order valence-corrected chi connectivity index (χ2v) is 8.43. The van der Waals surface area contributed by atoms with Gasteiger partial charge in [0.05, 0.1) is 17.3 Å². The average Bonchev–Trinajstić information content (AvgIpc) is 2.73. The third kappa shape index (κ3) is 6.93. The third-order valence-electron chi connectivity index (χ3n) is 4.60. The summed E-state index contributed by atoms with van der Waals surface area (Å²) >= 11 is 0. The van der Waals surface area contributed by atoms with E-state index >= 15 is 0 Å². The molecule has 0 aliphatic carbocycles. The Morgan fingerprint density at radius 1 is 1.09 bits per heavy atom. The van der Waals surface area contributed by atoms with Gasteiger partial charge in [0.2, 0.25) is 0 Å². The number of H-pyrrole nitrogens is 1. The first kappa shape index (κ1) is 23.5. The topological polar surface area (TPSA) is 133 Å². The Morgan fingerprint density at radius 2 is 1.76 bits per heavy atom. The first-order valence-corrected chi connectivity index (χ1v) is 10.3. The number of hydrogen-bond acceptors (Lipinski definition) is 5. The maximum absolute atomic E-state index is 12.5. The van der Waals surface area contributed by atoms with Crippen LogP contribution in [-0.4, -0.2) is 33.1 Å². The quantitative estimate of drug-likeness (QED) is 0.442. The number of aromatic amines is 1. The van der Waals surface area contributed by atoms with Crippen molar-refractivity contribution in [2.75, 3.05) is 5.32 Å². The largest absolute Gasteiger partial charge is 0.465 e. The zero-order valence-electron chi connectivity index (χ0n) is 18.6. The summed E-state index contributed by atoms with van der Waals surface area (Å²) in [5.41, 5.74) is 1.64. The average molecular weight is 450 g/mol. The molecule has 1 aromatic heterocycles. The number of nitrogens with one attached hydrogen (secondary N) is 3. The number of carboxylic acid groups (broad SMARTS) is 1. The van der Waals surface area contributed by atoms with Gasteiger partial charge in [-0.15, -0.1) is 0 Å². The van der Waals surface area contributed by atoms with Gasteiger partial charge in [0.1, 0.15) is 5.60 Å². The molecule has 1 heterocycles. The molecule has 9 nitrogen and oxygen atoms in total. The lowest BCUT2D eigenvalue weighted by molar-refractivity contribution is 0.0502. The molecule has 0 fully saturated rings. The number of hydrogen-bond donors (Lipinski definition) is 4. The molecule has 3 rings (SSSR count). The third-order valence-corrected chi connectivity index (χ3v) is 4.60.